The smallest absolute Gasteiger partial charge is 0.0320 e. The molecule has 0 aliphatic carbocycles. The molecular formula is C12H16BrN. The van der Waals surface area contributed by atoms with Crippen LogP contribution in [0.15, 0.2) is 28.7 Å². The minimum Gasteiger partial charge on any atom is -0.310 e. The van der Waals surface area contributed by atoms with E-state index in [-0.39, 0.29) is 0 Å². The van der Waals surface area contributed by atoms with Crippen LogP contribution < -0.4 is 5.32 Å². The second-order valence-electron chi connectivity index (χ2n) is 4.19. The molecule has 1 aliphatic rings. The van der Waals surface area contributed by atoms with Gasteiger partial charge in [-0.15, -0.1) is 0 Å². The highest BCUT2D eigenvalue weighted by Gasteiger charge is 2.18. The molecule has 2 rings (SSSR count). The molecule has 0 aromatic heterocycles. The molecule has 1 saturated heterocycles. The van der Waals surface area contributed by atoms with Gasteiger partial charge in [0.1, 0.15) is 0 Å². The summed E-state index contributed by atoms with van der Waals surface area (Å²) in [6.45, 7) is 3.46. The Hall–Kier alpha value is -0.340. The Kier molecular flexibility index (Phi) is 3.24. The summed E-state index contributed by atoms with van der Waals surface area (Å²) in [6, 6.07) is 9.22. The zero-order valence-electron chi connectivity index (χ0n) is 8.46. The van der Waals surface area contributed by atoms with Crippen molar-refractivity contribution in [3.63, 3.8) is 0 Å². The van der Waals surface area contributed by atoms with E-state index in [1.807, 2.05) is 0 Å². The van der Waals surface area contributed by atoms with Gasteiger partial charge >= 0.3 is 0 Å². The Morgan fingerprint density at radius 1 is 1.21 bits per heavy atom. The van der Waals surface area contributed by atoms with E-state index in [9.17, 15) is 0 Å². The van der Waals surface area contributed by atoms with Crippen LogP contribution in [0.4, 0.5) is 0 Å². The number of hydrogen-bond acceptors (Lipinski definition) is 1. The van der Waals surface area contributed by atoms with Crippen LogP contribution in [0.2, 0.25) is 0 Å². The molecule has 0 bridgehead atoms. The second kappa shape index (κ2) is 4.45. The van der Waals surface area contributed by atoms with E-state index < -0.39 is 0 Å². The fourth-order valence-electron chi connectivity index (χ4n) is 1.98. The predicted molar refractivity (Wildman–Crippen MR) is 63.3 cm³/mol. The topological polar surface area (TPSA) is 12.0 Å². The van der Waals surface area contributed by atoms with Gasteiger partial charge in [-0.05, 0) is 43.0 Å². The Balaban J connectivity index is 2.05. The fraction of sp³-hybridized carbons (Fsp3) is 0.500. The summed E-state index contributed by atoms with van der Waals surface area (Å²) >= 11 is 3.46. The van der Waals surface area contributed by atoms with Crippen molar-refractivity contribution < 1.29 is 0 Å². The highest BCUT2D eigenvalue weighted by Crippen LogP contribution is 2.26. The van der Waals surface area contributed by atoms with Crippen LogP contribution >= 0.6 is 15.9 Å². The summed E-state index contributed by atoms with van der Waals surface area (Å²) in [5.74, 6) is 0.835. The number of rotatable bonds is 1. The van der Waals surface area contributed by atoms with Gasteiger partial charge in [-0.25, -0.2) is 0 Å². The molecule has 76 valence electrons. The zero-order valence-corrected chi connectivity index (χ0v) is 10.0. The Morgan fingerprint density at radius 2 is 1.93 bits per heavy atom. The summed E-state index contributed by atoms with van der Waals surface area (Å²) in [4.78, 5) is 0. The minimum absolute atomic E-state index is 0.569. The molecule has 1 N–H and O–H groups in total. The minimum atomic E-state index is 0.569. The SMILES string of the molecule is C[C@H]1CC[C@H](c2ccc(Br)cc2)NC1. The maximum absolute atomic E-state index is 3.59. The van der Waals surface area contributed by atoms with Gasteiger partial charge in [0.2, 0.25) is 0 Å². The summed E-state index contributed by atoms with van der Waals surface area (Å²) < 4.78 is 1.16. The van der Waals surface area contributed by atoms with Crippen molar-refractivity contribution in [1.82, 2.24) is 5.32 Å². The molecule has 1 aromatic rings. The molecule has 2 heteroatoms. The highest BCUT2D eigenvalue weighted by atomic mass is 79.9. The maximum Gasteiger partial charge on any atom is 0.0320 e. The largest absolute Gasteiger partial charge is 0.310 e. The van der Waals surface area contributed by atoms with E-state index in [2.05, 4.69) is 52.4 Å². The quantitative estimate of drug-likeness (QED) is 0.808. The first-order valence-corrected chi connectivity index (χ1v) is 6.04. The lowest BCUT2D eigenvalue weighted by Crippen LogP contribution is -2.31. The van der Waals surface area contributed by atoms with Crippen LogP contribution in [0.5, 0.6) is 0 Å². The molecule has 1 aliphatic heterocycles. The van der Waals surface area contributed by atoms with Gasteiger partial charge in [0.05, 0.1) is 0 Å². The van der Waals surface area contributed by atoms with E-state index in [1.165, 1.54) is 18.4 Å². The molecule has 0 spiro atoms. The van der Waals surface area contributed by atoms with E-state index in [0.29, 0.717) is 6.04 Å². The molecule has 1 nitrogen and oxygen atoms in total. The molecule has 1 heterocycles. The van der Waals surface area contributed by atoms with Gasteiger partial charge in [-0.2, -0.15) is 0 Å². The molecule has 0 saturated carbocycles. The maximum atomic E-state index is 3.59. The van der Waals surface area contributed by atoms with Gasteiger partial charge in [0.15, 0.2) is 0 Å². The standard InChI is InChI=1S/C12H16BrN/c1-9-2-7-12(14-8-9)10-3-5-11(13)6-4-10/h3-6,9,12,14H,2,7-8H2,1H3/t9-,12+/m0/s1. The summed E-state index contributed by atoms with van der Waals surface area (Å²) in [6.07, 6.45) is 2.61. The Labute approximate surface area is 94.0 Å². The molecule has 0 unspecified atom stereocenters. The average molecular weight is 254 g/mol. The van der Waals surface area contributed by atoms with Crippen molar-refractivity contribution in [3.8, 4) is 0 Å². The highest BCUT2D eigenvalue weighted by molar-refractivity contribution is 9.10. The lowest BCUT2D eigenvalue weighted by molar-refractivity contribution is 0.333. The first-order valence-electron chi connectivity index (χ1n) is 5.24. The predicted octanol–water partition coefficient (Wildman–Crippen LogP) is 3.51. The summed E-state index contributed by atoms with van der Waals surface area (Å²) in [5.41, 5.74) is 1.42. The van der Waals surface area contributed by atoms with Crippen molar-refractivity contribution in [1.29, 1.82) is 0 Å². The number of piperidine rings is 1. The normalized spacial score (nSPS) is 27.6. The molecule has 1 fully saturated rings. The number of halogens is 1. The Bertz CT molecular complexity index is 286. The van der Waals surface area contributed by atoms with Crippen molar-refractivity contribution in [2.45, 2.75) is 25.8 Å². The Morgan fingerprint density at radius 3 is 2.50 bits per heavy atom. The zero-order chi connectivity index (χ0) is 9.97. The lowest BCUT2D eigenvalue weighted by Gasteiger charge is -2.28. The molecular weight excluding hydrogens is 238 g/mol. The lowest BCUT2D eigenvalue weighted by atomic mass is 9.92. The van der Waals surface area contributed by atoms with Crippen LogP contribution in [0, 0.1) is 5.92 Å². The monoisotopic (exact) mass is 253 g/mol. The van der Waals surface area contributed by atoms with Gasteiger partial charge in [0.25, 0.3) is 0 Å². The molecule has 0 radical (unpaired) electrons. The van der Waals surface area contributed by atoms with E-state index in [1.54, 1.807) is 0 Å². The molecule has 0 amide bonds. The first kappa shape index (κ1) is 10.2. The summed E-state index contributed by atoms with van der Waals surface area (Å²) in [7, 11) is 0. The van der Waals surface area contributed by atoms with Crippen molar-refractivity contribution in [3.05, 3.63) is 34.3 Å². The van der Waals surface area contributed by atoms with Gasteiger partial charge in [-0.3, -0.25) is 0 Å². The third kappa shape index (κ3) is 2.37. The first-order chi connectivity index (χ1) is 6.75. The van der Waals surface area contributed by atoms with Crippen LogP contribution in [-0.4, -0.2) is 6.54 Å². The van der Waals surface area contributed by atoms with Gasteiger partial charge < -0.3 is 5.32 Å². The summed E-state index contributed by atoms with van der Waals surface area (Å²) in [5, 5.41) is 3.59. The number of hydrogen-bond donors (Lipinski definition) is 1. The second-order valence-corrected chi connectivity index (χ2v) is 5.11. The fourth-order valence-corrected chi connectivity index (χ4v) is 2.24. The third-order valence-corrected chi connectivity index (χ3v) is 3.46. The van der Waals surface area contributed by atoms with Gasteiger partial charge in [0, 0.05) is 10.5 Å². The van der Waals surface area contributed by atoms with E-state index in [4.69, 9.17) is 0 Å². The van der Waals surface area contributed by atoms with E-state index >= 15 is 0 Å². The van der Waals surface area contributed by atoms with Crippen LogP contribution in [-0.2, 0) is 0 Å². The van der Waals surface area contributed by atoms with Crippen LogP contribution in [0.25, 0.3) is 0 Å². The van der Waals surface area contributed by atoms with E-state index in [0.717, 1.165) is 16.9 Å². The van der Waals surface area contributed by atoms with Crippen LogP contribution in [0.1, 0.15) is 31.4 Å². The molecule has 14 heavy (non-hydrogen) atoms. The van der Waals surface area contributed by atoms with Gasteiger partial charge in [-0.1, -0.05) is 35.0 Å². The van der Waals surface area contributed by atoms with Crippen molar-refractivity contribution >= 4 is 15.9 Å². The average Bonchev–Trinajstić information content (AvgIpc) is 2.21. The van der Waals surface area contributed by atoms with Crippen LogP contribution in [0.3, 0.4) is 0 Å². The molecule has 1 aromatic carbocycles. The number of benzene rings is 1. The molecule has 2 atom stereocenters. The van der Waals surface area contributed by atoms with Crippen molar-refractivity contribution in [2.75, 3.05) is 6.54 Å². The third-order valence-electron chi connectivity index (χ3n) is 2.93. The van der Waals surface area contributed by atoms with Crippen molar-refractivity contribution in [2.24, 2.45) is 5.92 Å². The number of nitrogens with one attached hydrogen (secondary N) is 1.